The smallest absolute Gasteiger partial charge is 0.128 e. The Labute approximate surface area is 95.6 Å². The second-order valence-electron chi connectivity index (χ2n) is 5.05. The van der Waals surface area contributed by atoms with Gasteiger partial charge in [0.05, 0.1) is 12.7 Å². The summed E-state index contributed by atoms with van der Waals surface area (Å²) in [7, 11) is 0. The summed E-state index contributed by atoms with van der Waals surface area (Å²) in [6.45, 7) is 4.51. The minimum absolute atomic E-state index is 0.00521. The Morgan fingerprint density at radius 1 is 1.44 bits per heavy atom. The third-order valence-electron chi connectivity index (χ3n) is 3.65. The first-order valence-corrected chi connectivity index (χ1v) is 5.62. The highest BCUT2D eigenvalue weighted by atomic mass is 19.1. The van der Waals surface area contributed by atoms with Crippen molar-refractivity contribution in [1.82, 2.24) is 0 Å². The minimum atomic E-state index is -0.205. The third-order valence-corrected chi connectivity index (χ3v) is 3.65. The summed E-state index contributed by atoms with van der Waals surface area (Å²) in [6, 6.07) is 6.90. The van der Waals surface area contributed by atoms with Gasteiger partial charge in [0, 0.05) is 17.0 Å². The molecule has 2 rings (SSSR count). The number of rotatable bonds is 3. The summed E-state index contributed by atoms with van der Waals surface area (Å²) in [5.41, 5.74) is 6.51. The molecule has 2 nitrogen and oxygen atoms in total. The van der Waals surface area contributed by atoms with E-state index in [0.29, 0.717) is 12.2 Å². The van der Waals surface area contributed by atoms with Gasteiger partial charge in [-0.15, -0.1) is 0 Å². The molecule has 1 saturated carbocycles. The summed E-state index contributed by atoms with van der Waals surface area (Å²) in [6.07, 6.45) is 1.00. The average Bonchev–Trinajstić information content (AvgIpc) is 2.26. The van der Waals surface area contributed by atoms with Crippen LogP contribution in [0.3, 0.4) is 0 Å². The normalized spacial score (nSPS) is 27.5. The van der Waals surface area contributed by atoms with Crippen molar-refractivity contribution in [3.8, 4) is 0 Å². The van der Waals surface area contributed by atoms with Crippen molar-refractivity contribution < 1.29 is 9.13 Å². The molecule has 1 aromatic carbocycles. The van der Waals surface area contributed by atoms with E-state index in [1.165, 1.54) is 6.07 Å². The fraction of sp³-hybridized carbons (Fsp3) is 0.538. The Balaban J connectivity index is 1.92. The predicted octanol–water partition coefficient (Wildman–Crippen LogP) is 2.47. The van der Waals surface area contributed by atoms with E-state index in [2.05, 4.69) is 13.8 Å². The van der Waals surface area contributed by atoms with E-state index in [1.807, 2.05) is 6.07 Å². The van der Waals surface area contributed by atoms with Crippen LogP contribution in [0.25, 0.3) is 0 Å². The van der Waals surface area contributed by atoms with Crippen molar-refractivity contribution in [2.75, 3.05) is 0 Å². The van der Waals surface area contributed by atoms with Crippen LogP contribution in [0.1, 0.15) is 25.8 Å². The van der Waals surface area contributed by atoms with Crippen molar-refractivity contribution >= 4 is 0 Å². The molecule has 16 heavy (non-hydrogen) atoms. The molecule has 0 bridgehead atoms. The van der Waals surface area contributed by atoms with Crippen LogP contribution in [-0.2, 0) is 11.3 Å². The van der Waals surface area contributed by atoms with E-state index < -0.39 is 0 Å². The number of benzene rings is 1. The first-order valence-electron chi connectivity index (χ1n) is 5.62. The quantitative estimate of drug-likeness (QED) is 0.854. The van der Waals surface area contributed by atoms with Crippen LogP contribution >= 0.6 is 0 Å². The Bertz CT molecular complexity index is 378. The maximum Gasteiger partial charge on any atom is 0.128 e. The van der Waals surface area contributed by atoms with Crippen LogP contribution in [-0.4, -0.2) is 12.1 Å². The molecule has 88 valence electrons. The molecule has 2 atom stereocenters. The Kier molecular flexibility index (Phi) is 3.00. The highest BCUT2D eigenvalue weighted by Gasteiger charge is 2.46. The monoisotopic (exact) mass is 223 g/mol. The summed E-state index contributed by atoms with van der Waals surface area (Å²) in [5, 5.41) is 0. The van der Waals surface area contributed by atoms with Crippen LogP contribution < -0.4 is 5.73 Å². The van der Waals surface area contributed by atoms with Crippen molar-refractivity contribution in [3.63, 3.8) is 0 Å². The molecule has 0 heterocycles. The highest BCUT2D eigenvalue weighted by Crippen LogP contribution is 2.41. The van der Waals surface area contributed by atoms with E-state index >= 15 is 0 Å². The van der Waals surface area contributed by atoms with E-state index in [9.17, 15) is 4.39 Å². The number of hydrogen-bond acceptors (Lipinski definition) is 2. The zero-order valence-electron chi connectivity index (χ0n) is 9.74. The molecule has 0 aromatic heterocycles. The number of ether oxygens (including phenoxy) is 1. The topological polar surface area (TPSA) is 35.2 Å². The van der Waals surface area contributed by atoms with Crippen molar-refractivity contribution in [3.05, 3.63) is 35.6 Å². The van der Waals surface area contributed by atoms with Gasteiger partial charge in [-0.25, -0.2) is 4.39 Å². The maximum atomic E-state index is 13.3. The lowest BCUT2D eigenvalue weighted by Gasteiger charge is -2.49. The second kappa shape index (κ2) is 4.15. The molecule has 2 N–H and O–H groups in total. The first kappa shape index (κ1) is 11.6. The Hall–Kier alpha value is -0.930. The lowest BCUT2D eigenvalue weighted by atomic mass is 9.65. The van der Waals surface area contributed by atoms with Gasteiger partial charge in [-0.05, 0) is 12.5 Å². The standard InChI is InChI=1S/C13H18FNO/c1-13(2)11(15)7-12(13)16-8-9-5-3-4-6-10(9)14/h3-6,11-12H,7-8,15H2,1-2H3. The Morgan fingerprint density at radius 3 is 2.69 bits per heavy atom. The summed E-state index contributed by atoms with van der Waals surface area (Å²) >= 11 is 0. The average molecular weight is 223 g/mol. The molecule has 3 heteroatoms. The maximum absolute atomic E-state index is 13.3. The predicted molar refractivity (Wildman–Crippen MR) is 61.4 cm³/mol. The van der Waals surface area contributed by atoms with Crippen LogP contribution in [0.15, 0.2) is 24.3 Å². The van der Waals surface area contributed by atoms with Crippen molar-refractivity contribution in [2.45, 2.75) is 39.0 Å². The molecule has 1 aliphatic rings. The van der Waals surface area contributed by atoms with Crippen LogP contribution in [0.4, 0.5) is 4.39 Å². The molecular formula is C13H18FNO. The molecule has 1 aliphatic carbocycles. The van der Waals surface area contributed by atoms with Crippen molar-refractivity contribution in [2.24, 2.45) is 11.1 Å². The minimum Gasteiger partial charge on any atom is -0.373 e. The lowest BCUT2D eigenvalue weighted by molar-refractivity contribution is -0.115. The summed E-state index contributed by atoms with van der Waals surface area (Å²) < 4.78 is 19.0. The van der Waals surface area contributed by atoms with Gasteiger partial charge in [0.15, 0.2) is 0 Å². The molecule has 2 unspecified atom stereocenters. The van der Waals surface area contributed by atoms with Gasteiger partial charge in [0.25, 0.3) is 0 Å². The Morgan fingerprint density at radius 2 is 2.12 bits per heavy atom. The first-order chi connectivity index (χ1) is 7.51. The molecule has 0 amide bonds. The highest BCUT2D eigenvalue weighted by molar-refractivity contribution is 5.16. The lowest BCUT2D eigenvalue weighted by Crippen LogP contribution is -2.58. The van der Waals surface area contributed by atoms with Crippen molar-refractivity contribution in [1.29, 1.82) is 0 Å². The van der Waals surface area contributed by atoms with Gasteiger partial charge in [-0.2, -0.15) is 0 Å². The van der Waals surface area contributed by atoms with Gasteiger partial charge in [-0.3, -0.25) is 0 Å². The van der Waals surface area contributed by atoms with Gasteiger partial charge < -0.3 is 10.5 Å². The fourth-order valence-corrected chi connectivity index (χ4v) is 2.01. The van der Waals surface area contributed by atoms with E-state index in [1.54, 1.807) is 12.1 Å². The van der Waals surface area contributed by atoms with E-state index in [0.717, 1.165) is 6.42 Å². The number of hydrogen-bond donors (Lipinski definition) is 1. The van der Waals surface area contributed by atoms with Gasteiger partial charge in [0.2, 0.25) is 0 Å². The SMILES string of the molecule is CC1(C)C(N)CC1OCc1ccccc1F. The van der Waals surface area contributed by atoms with Gasteiger partial charge in [-0.1, -0.05) is 32.0 Å². The molecule has 1 aromatic rings. The molecule has 0 spiro atoms. The van der Waals surface area contributed by atoms with E-state index in [4.69, 9.17) is 10.5 Å². The van der Waals surface area contributed by atoms with Gasteiger partial charge >= 0.3 is 0 Å². The summed E-state index contributed by atoms with van der Waals surface area (Å²) in [5.74, 6) is -0.205. The molecule has 1 fully saturated rings. The number of halogens is 1. The second-order valence-corrected chi connectivity index (χ2v) is 5.05. The summed E-state index contributed by atoms with van der Waals surface area (Å²) in [4.78, 5) is 0. The molecule has 0 aliphatic heterocycles. The zero-order valence-corrected chi connectivity index (χ0v) is 9.74. The van der Waals surface area contributed by atoms with E-state index in [-0.39, 0.29) is 23.4 Å². The van der Waals surface area contributed by atoms with Crippen LogP contribution in [0.5, 0.6) is 0 Å². The number of nitrogens with two attached hydrogens (primary N) is 1. The third kappa shape index (κ3) is 1.97. The molecule has 0 saturated heterocycles. The largest absolute Gasteiger partial charge is 0.373 e. The van der Waals surface area contributed by atoms with Crippen LogP contribution in [0.2, 0.25) is 0 Å². The molecule has 0 radical (unpaired) electrons. The zero-order chi connectivity index (χ0) is 11.8. The van der Waals surface area contributed by atoms with Gasteiger partial charge in [0.1, 0.15) is 5.82 Å². The molecular weight excluding hydrogens is 205 g/mol. The van der Waals surface area contributed by atoms with Crippen LogP contribution in [0, 0.1) is 11.2 Å². The fourth-order valence-electron chi connectivity index (χ4n) is 2.01.